The van der Waals surface area contributed by atoms with Gasteiger partial charge in [-0.25, -0.2) is 4.98 Å². The highest BCUT2D eigenvalue weighted by Gasteiger charge is 2.04. The highest BCUT2D eigenvalue weighted by Crippen LogP contribution is 2.23. The summed E-state index contributed by atoms with van der Waals surface area (Å²) < 4.78 is 5.94. The van der Waals surface area contributed by atoms with Gasteiger partial charge in [-0.2, -0.15) is 0 Å². The van der Waals surface area contributed by atoms with Crippen LogP contribution in [-0.2, 0) is 13.0 Å². The fraction of sp³-hybridized carbons (Fsp3) is 0.190. The molecule has 4 rings (SSSR count). The summed E-state index contributed by atoms with van der Waals surface area (Å²) in [5.74, 6) is 0.854. The first-order chi connectivity index (χ1) is 12.3. The second kappa shape index (κ2) is 6.95. The van der Waals surface area contributed by atoms with Crippen molar-refractivity contribution in [3.8, 4) is 5.75 Å². The van der Waals surface area contributed by atoms with Crippen LogP contribution in [-0.4, -0.2) is 16.5 Å². The lowest BCUT2D eigenvalue weighted by molar-refractivity contribution is 0.302. The molecule has 0 aliphatic heterocycles. The van der Waals surface area contributed by atoms with Crippen molar-refractivity contribution < 1.29 is 4.74 Å². The number of rotatable bonds is 6. The molecule has 2 aromatic carbocycles. The molecule has 4 heteroatoms. The molecule has 4 aromatic rings. The third-order valence-electron chi connectivity index (χ3n) is 4.34. The maximum atomic E-state index is 5.94. The Hall–Kier alpha value is -2.85. The molecule has 0 amide bonds. The molecule has 0 spiro atoms. The van der Waals surface area contributed by atoms with Crippen molar-refractivity contribution in [2.75, 3.05) is 6.54 Å². The lowest BCUT2D eigenvalue weighted by Gasteiger charge is -2.07. The minimum Gasteiger partial charge on any atom is -0.487 e. The van der Waals surface area contributed by atoms with Crippen LogP contribution in [0.2, 0.25) is 0 Å². The van der Waals surface area contributed by atoms with E-state index in [9.17, 15) is 0 Å². The molecule has 0 saturated heterocycles. The minimum absolute atomic E-state index is 0.459. The highest BCUT2D eigenvalue weighted by molar-refractivity contribution is 5.82. The van der Waals surface area contributed by atoms with Gasteiger partial charge in [-0.3, -0.25) is 0 Å². The molecule has 25 heavy (non-hydrogen) atoms. The number of aromatic nitrogens is 2. The summed E-state index contributed by atoms with van der Waals surface area (Å²) in [7, 11) is 0. The molecule has 3 N–H and O–H groups in total. The van der Waals surface area contributed by atoms with Crippen LogP contribution in [0.1, 0.15) is 17.8 Å². The fourth-order valence-corrected chi connectivity index (χ4v) is 3.03. The predicted molar refractivity (Wildman–Crippen MR) is 102 cm³/mol. The largest absolute Gasteiger partial charge is 0.487 e. The highest BCUT2D eigenvalue weighted by atomic mass is 16.5. The molecule has 0 fully saturated rings. The van der Waals surface area contributed by atoms with Crippen LogP contribution in [0.4, 0.5) is 0 Å². The summed E-state index contributed by atoms with van der Waals surface area (Å²) >= 11 is 0. The van der Waals surface area contributed by atoms with Crippen molar-refractivity contribution in [1.82, 2.24) is 9.97 Å². The van der Waals surface area contributed by atoms with Crippen molar-refractivity contribution in [2.45, 2.75) is 19.4 Å². The Kier molecular flexibility index (Phi) is 4.36. The van der Waals surface area contributed by atoms with Gasteiger partial charge in [0, 0.05) is 22.0 Å². The topological polar surface area (TPSA) is 63.9 Å². The van der Waals surface area contributed by atoms with E-state index in [0.717, 1.165) is 46.1 Å². The number of nitrogens with one attached hydrogen (secondary N) is 1. The van der Waals surface area contributed by atoms with Gasteiger partial charge in [-0.1, -0.05) is 24.3 Å². The van der Waals surface area contributed by atoms with Crippen LogP contribution in [0.25, 0.3) is 21.8 Å². The standard InChI is InChI=1S/C21H21N3O/c22-11-3-5-17-12-16-13-19(9-10-21(16)23-17)25-14-18-8-7-15-4-1-2-6-20(15)24-18/h1-2,4,6-10,12-13,23H,3,5,11,14,22H2. The first-order valence-electron chi connectivity index (χ1n) is 8.61. The Labute approximate surface area is 146 Å². The summed E-state index contributed by atoms with van der Waals surface area (Å²) in [6.07, 6.45) is 1.96. The van der Waals surface area contributed by atoms with Crippen molar-refractivity contribution >= 4 is 21.8 Å². The molecule has 0 aliphatic carbocycles. The zero-order valence-electron chi connectivity index (χ0n) is 14.0. The van der Waals surface area contributed by atoms with E-state index >= 15 is 0 Å². The molecule has 0 saturated carbocycles. The summed E-state index contributed by atoms with van der Waals surface area (Å²) in [5.41, 5.74) is 9.85. The SMILES string of the molecule is NCCCc1cc2cc(OCc3ccc4ccccc4n3)ccc2[nH]1. The molecule has 0 radical (unpaired) electrons. The normalized spacial score (nSPS) is 11.2. The summed E-state index contributed by atoms with van der Waals surface area (Å²) in [6.45, 7) is 1.17. The molecule has 4 nitrogen and oxygen atoms in total. The molecule has 0 bridgehead atoms. The van der Waals surface area contributed by atoms with E-state index in [1.165, 1.54) is 5.69 Å². The van der Waals surface area contributed by atoms with E-state index < -0.39 is 0 Å². The van der Waals surface area contributed by atoms with Crippen molar-refractivity contribution in [2.24, 2.45) is 5.73 Å². The minimum atomic E-state index is 0.459. The zero-order chi connectivity index (χ0) is 17.1. The third-order valence-corrected chi connectivity index (χ3v) is 4.34. The first-order valence-corrected chi connectivity index (χ1v) is 8.61. The molecule has 2 heterocycles. The van der Waals surface area contributed by atoms with E-state index in [2.05, 4.69) is 40.3 Å². The van der Waals surface area contributed by atoms with Crippen LogP contribution in [0, 0.1) is 0 Å². The monoisotopic (exact) mass is 331 g/mol. The molecule has 2 aromatic heterocycles. The maximum absolute atomic E-state index is 5.94. The van der Waals surface area contributed by atoms with Gasteiger partial charge >= 0.3 is 0 Å². The van der Waals surface area contributed by atoms with Crippen LogP contribution < -0.4 is 10.5 Å². The van der Waals surface area contributed by atoms with Crippen molar-refractivity contribution in [3.63, 3.8) is 0 Å². The van der Waals surface area contributed by atoms with Crippen LogP contribution in [0.3, 0.4) is 0 Å². The van der Waals surface area contributed by atoms with Crippen LogP contribution >= 0.6 is 0 Å². The Balaban J connectivity index is 1.49. The molecule has 126 valence electrons. The van der Waals surface area contributed by atoms with Gasteiger partial charge in [0.2, 0.25) is 0 Å². The smallest absolute Gasteiger partial charge is 0.130 e. The van der Waals surface area contributed by atoms with E-state index in [1.807, 2.05) is 30.3 Å². The van der Waals surface area contributed by atoms with E-state index in [1.54, 1.807) is 0 Å². The second-order valence-corrected chi connectivity index (χ2v) is 6.22. The lowest BCUT2D eigenvalue weighted by Crippen LogP contribution is -2.00. The van der Waals surface area contributed by atoms with Crippen LogP contribution in [0.5, 0.6) is 5.75 Å². The van der Waals surface area contributed by atoms with E-state index in [0.29, 0.717) is 13.2 Å². The van der Waals surface area contributed by atoms with E-state index in [4.69, 9.17) is 10.5 Å². The number of fused-ring (bicyclic) bond motifs is 2. The lowest BCUT2D eigenvalue weighted by atomic mass is 10.2. The van der Waals surface area contributed by atoms with Gasteiger partial charge in [0.05, 0.1) is 11.2 Å². The average Bonchev–Trinajstić information content (AvgIpc) is 3.06. The zero-order valence-corrected chi connectivity index (χ0v) is 14.0. The van der Waals surface area contributed by atoms with E-state index in [-0.39, 0.29) is 0 Å². The number of H-pyrrole nitrogens is 1. The Bertz CT molecular complexity index is 1010. The maximum Gasteiger partial charge on any atom is 0.130 e. The number of aryl methyl sites for hydroxylation is 1. The molecule has 0 atom stereocenters. The second-order valence-electron chi connectivity index (χ2n) is 6.22. The van der Waals surface area contributed by atoms with Gasteiger partial charge in [0.1, 0.15) is 12.4 Å². The van der Waals surface area contributed by atoms with Gasteiger partial charge < -0.3 is 15.5 Å². The van der Waals surface area contributed by atoms with Crippen molar-refractivity contribution in [1.29, 1.82) is 0 Å². The third kappa shape index (κ3) is 3.49. The fourth-order valence-electron chi connectivity index (χ4n) is 3.03. The summed E-state index contributed by atoms with van der Waals surface area (Å²) in [4.78, 5) is 8.08. The van der Waals surface area contributed by atoms with Gasteiger partial charge in [-0.15, -0.1) is 0 Å². The summed E-state index contributed by atoms with van der Waals surface area (Å²) in [6, 6.07) is 20.5. The predicted octanol–water partition coefficient (Wildman–Crippen LogP) is 4.19. The molecular weight excluding hydrogens is 310 g/mol. The number of aromatic amines is 1. The Morgan fingerprint density at radius 2 is 1.88 bits per heavy atom. The average molecular weight is 331 g/mol. The first kappa shape index (κ1) is 15.7. The molecule has 0 unspecified atom stereocenters. The number of ether oxygens (including phenoxy) is 1. The van der Waals surface area contributed by atoms with Crippen molar-refractivity contribution in [3.05, 3.63) is 72.1 Å². The molecular formula is C21H21N3O. The van der Waals surface area contributed by atoms with Gasteiger partial charge in [0.15, 0.2) is 0 Å². The number of hydrogen-bond acceptors (Lipinski definition) is 3. The number of nitrogens with zero attached hydrogens (tertiary/aromatic N) is 1. The number of para-hydroxylation sites is 1. The van der Waals surface area contributed by atoms with Gasteiger partial charge in [0.25, 0.3) is 0 Å². The molecule has 0 aliphatic rings. The number of benzene rings is 2. The number of hydrogen-bond donors (Lipinski definition) is 2. The Morgan fingerprint density at radius 3 is 2.80 bits per heavy atom. The quantitative estimate of drug-likeness (QED) is 0.557. The van der Waals surface area contributed by atoms with Crippen LogP contribution in [0.15, 0.2) is 60.7 Å². The number of nitrogens with two attached hydrogens (primary N) is 1. The number of pyridine rings is 1. The summed E-state index contributed by atoms with van der Waals surface area (Å²) in [5, 5.41) is 2.31. The van der Waals surface area contributed by atoms with Gasteiger partial charge in [-0.05, 0) is 55.8 Å². The Morgan fingerprint density at radius 1 is 0.960 bits per heavy atom.